The van der Waals surface area contributed by atoms with Crippen LogP contribution in [0, 0.1) is 22.7 Å². The summed E-state index contributed by atoms with van der Waals surface area (Å²) < 4.78 is 40.1. The van der Waals surface area contributed by atoms with Gasteiger partial charge in [-0.3, -0.25) is 0 Å². The van der Waals surface area contributed by atoms with Gasteiger partial charge in [-0.1, -0.05) is 192 Å². The van der Waals surface area contributed by atoms with E-state index in [2.05, 4.69) is 102 Å². The van der Waals surface area contributed by atoms with Gasteiger partial charge in [-0.25, -0.2) is 9.59 Å². The number of hydrogen-bond donors (Lipinski definition) is 0. The highest BCUT2D eigenvalue weighted by Crippen LogP contribution is 2.42. The molecule has 1 aliphatic rings. The van der Waals surface area contributed by atoms with E-state index in [1.807, 2.05) is 0 Å². The van der Waals surface area contributed by atoms with E-state index in [-0.39, 0.29) is 13.2 Å². The molecular weight excluding hydrogens is 1070 g/mol. The Morgan fingerprint density at radius 1 is 0.360 bits per heavy atom. The zero-order chi connectivity index (χ0) is 61.4. The zero-order valence-corrected chi connectivity index (χ0v) is 53.6. The molecule has 0 aromatic heterocycles. The summed E-state index contributed by atoms with van der Waals surface area (Å²) >= 11 is 0. The first kappa shape index (κ1) is 70.2. The molecule has 10 nitrogen and oxygen atoms in total. The second kappa shape index (κ2) is 42.3. The number of unbranched alkanes of at least 4 members (excludes halogenated alkanes) is 18. The lowest BCUT2D eigenvalue weighted by Gasteiger charge is -2.25. The van der Waals surface area contributed by atoms with Gasteiger partial charge in [0.25, 0.3) is 0 Å². The molecule has 1 aliphatic carbocycles. The van der Waals surface area contributed by atoms with Gasteiger partial charge in [0.2, 0.25) is 0 Å². The highest BCUT2D eigenvalue weighted by molar-refractivity contribution is 5.81. The summed E-state index contributed by atoms with van der Waals surface area (Å²) in [6.07, 6.45) is 33.3. The first-order valence-corrected chi connectivity index (χ1v) is 33.6. The number of ether oxygens (including phenoxy) is 6. The van der Waals surface area contributed by atoms with Crippen LogP contribution in [0.25, 0.3) is 0 Å². The molecule has 86 heavy (non-hydrogen) atoms. The van der Waals surface area contributed by atoms with Gasteiger partial charge in [0, 0.05) is 50.7 Å². The first-order chi connectivity index (χ1) is 42.2. The number of carbonyl (C=O) groups excluding carboxylic acids is 2. The van der Waals surface area contributed by atoms with E-state index in [1.165, 1.54) is 74.6 Å². The Labute approximate surface area is 519 Å². The molecule has 4 aromatic carbocycles. The van der Waals surface area contributed by atoms with Crippen LogP contribution in [0.15, 0.2) is 73.8 Å². The smallest absolute Gasteiger partial charge is 0.330 e. The lowest BCUT2D eigenvalue weighted by molar-refractivity contribution is -0.138. The van der Waals surface area contributed by atoms with Crippen LogP contribution in [0.1, 0.15) is 261 Å². The second-order valence-electron chi connectivity index (χ2n) is 23.7. The lowest BCUT2D eigenvalue weighted by Crippen LogP contribution is -2.12. The Morgan fingerprint density at radius 3 is 0.814 bits per heavy atom. The molecule has 5 rings (SSSR count). The standard InChI is InChI=1S/C76H106N2O8/c1-7-13-17-21-29-41-83-73-63-47-59(35-25-27-39-77)49-65(73)56-67-51-61(37-33-45-81-71(79)11-5)53-69(75(67)85-43-31-23-19-15-9-3)58-70-54-62(38-34-46-82-72(80)12-6)52-68(76(70)86-44-32-24-20-16-10-4)57-66-50-60(36-26-28-40-78)48-64(55-63)74(66)84-42-30-22-18-14-8-2/h11-12,47-54H,5-10,13-38,41-46,55-58H2,1-4H3. The van der Waals surface area contributed by atoms with E-state index in [1.54, 1.807) is 0 Å². The highest BCUT2D eigenvalue weighted by atomic mass is 16.5. The number of esters is 2. The summed E-state index contributed by atoms with van der Waals surface area (Å²) in [7, 11) is 0. The van der Waals surface area contributed by atoms with Crippen LogP contribution in [-0.4, -0.2) is 51.6 Å². The average molecular weight is 1180 g/mol. The molecule has 0 unspecified atom stereocenters. The molecule has 10 heteroatoms. The summed E-state index contributed by atoms with van der Waals surface area (Å²) in [6.45, 7) is 19.1. The van der Waals surface area contributed by atoms with Gasteiger partial charge < -0.3 is 28.4 Å². The van der Waals surface area contributed by atoms with Gasteiger partial charge in [-0.15, -0.1) is 0 Å². The predicted octanol–water partition coefficient (Wildman–Crippen LogP) is 18.8. The molecule has 0 saturated carbocycles. The molecular formula is C76H106N2O8. The van der Waals surface area contributed by atoms with E-state index in [4.69, 9.17) is 28.4 Å². The second-order valence-corrected chi connectivity index (χ2v) is 23.7. The maximum Gasteiger partial charge on any atom is 0.330 e. The predicted molar refractivity (Wildman–Crippen MR) is 350 cm³/mol. The lowest BCUT2D eigenvalue weighted by atomic mass is 9.87. The Bertz CT molecular complexity index is 2580. The van der Waals surface area contributed by atoms with Crippen molar-refractivity contribution in [1.29, 1.82) is 10.5 Å². The normalized spacial score (nSPS) is 11.7. The zero-order valence-electron chi connectivity index (χ0n) is 53.6. The minimum Gasteiger partial charge on any atom is -0.493 e. The van der Waals surface area contributed by atoms with Crippen molar-refractivity contribution in [2.75, 3.05) is 39.6 Å². The number of hydrogen-bond acceptors (Lipinski definition) is 10. The SMILES string of the molecule is C=CC(=O)OCCCc1cc2c(OCCCCCCC)c(c1)Cc1cc(CCCOC(=O)C=C)cc(c1OCCCCCCC)Cc1cc(CCCC#N)cc(c1OCCCCCCC)Cc1cc(CCCC#N)cc(c1OCCCCCCC)C2. The Balaban J connectivity index is 1.90. The molecule has 0 N–H and O–H groups in total. The molecule has 468 valence electrons. The molecule has 0 heterocycles. The van der Waals surface area contributed by atoms with E-state index < -0.39 is 11.9 Å². The molecule has 0 amide bonds. The fourth-order valence-electron chi connectivity index (χ4n) is 11.8. The molecule has 0 atom stereocenters. The largest absolute Gasteiger partial charge is 0.493 e. The van der Waals surface area contributed by atoms with Crippen LogP contribution >= 0.6 is 0 Å². The summed E-state index contributed by atoms with van der Waals surface area (Å²) in [5.41, 5.74) is 13.2. The Morgan fingerprint density at radius 2 is 0.593 bits per heavy atom. The molecule has 0 aliphatic heterocycles. The molecule has 4 aromatic rings. The topological polar surface area (TPSA) is 137 Å². The summed E-state index contributed by atoms with van der Waals surface area (Å²) in [5.74, 6) is 2.70. The van der Waals surface area contributed by atoms with Crippen LogP contribution < -0.4 is 18.9 Å². The maximum atomic E-state index is 12.3. The van der Waals surface area contributed by atoms with Crippen molar-refractivity contribution in [2.45, 2.75) is 246 Å². The van der Waals surface area contributed by atoms with E-state index in [0.29, 0.717) is 90.6 Å². The van der Waals surface area contributed by atoms with Crippen molar-refractivity contribution < 1.29 is 38.0 Å². The minimum absolute atomic E-state index is 0.268. The van der Waals surface area contributed by atoms with Gasteiger partial charge in [-0.2, -0.15) is 10.5 Å². The number of carbonyl (C=O) groups is 2. The number of rotatable bonds is 44. The van der Waals surface area contributed by atoms with Crippen molar-refractivity contribution in [3.8, 4) is 35.1 Å². The van der Waals surface area contributed by atoms with Crippen molar-refractivity contribution >= 4 is 11.9 Å². The number of aryl methyl sites for hydroxylation is 4. The summed E-state index contributed by atoms with van der Waals surface area (Å²) in [6, 6.07) is 23.4. The molecule has 0 saturated heterocycles. The van der Waals surface area contributed by atoms with Crippen LogP contribution in [-0.2, 0) is 70.4 Å². The monoisotopic (exact) mass is 1170 g/mol. The maximum absolute atomic E-state index is 12.3. The van der Waals surface area contributed by atoms with Crippen LogP contribution in [0.4, 0.5) is 0 Å². The molecule has 0 radical (unpaired) electrons. The molecule has 8 bridgehead atoms. The Hall–Kier alpha value is -6.52. The van der Waals surface area contributed by atoms with Crippen LogP contribution in [0.5, 0.6) is 23.0 Å². The van der Waals surface area contributed by atoms with Gasteiger partial charge in [0.15, 0.2) is 0 Å². The summed E-state index contributed by atoms with van der Waals surface area (Å²) in [5, 5.41) is 19.6. The third-order valence-electron chi connectivity index (χ3n) is 16.3. The van der Waals surface area contributed by atoms with Crippen LogP contribution in [0.2, 0.25) is 0 Å². The van der Waals surface area contributed by atoms with Crippen molar-refractivity contribution in [3.05, 3.63) is 141 Å². The summed E-state index contributed by atoms with van der Waals surface area (Å²) in [4.78, 5) is 24.6. The molecule has 0 fully saturated rings. The van der Waals surface area contributed by atoms with E-state index >= 15 is 0 Å². The third-order valence-corrected chi connectivity index (χ3v) is 16.3. The quantitative estimate of drug-likeness (QED) is 0.0211. The van der Waals surface area contributed by atoms with Crippen LogP contribution in [0.3, 0.4) is 0 Å². The van der Waals surface area contributed by atoms with Gasteiger partial charge in [0.05, 0.1) is 51.8 Å². The van der Waals surface area contributed by atoms with E-state index in [0.717, 1.165) is 181 Å². The van der Waals surface area contributed by atoms with Gasteiger partial charge in [0.1, 0.15) is 23.0 Å². The Kier molecular flexibility index (Phi) is 34.6. The van der Waals surface area contributed by atoms with E-state index in [9.17, 15) is 20.1 Å². The van der Waals surface area contributed by atoms with Crippen molar-refractivity contribution in [1.82, 2.24) is 0 Å². The van der Waals surface area contributed by atoms with Gasteiger partial charge >= 0.3 is 11.9 Å². The molecule has 0 spiro atoms. The van der Waals surface area contributed by atoms with Gasteiger partial charge in [-0.05, 0) is 144 Å². The fraction of sp³-hybridized carbons (Fsp3) is 0.579. The first-order valence-electron chi connectivity index (χ1n) is 33.6. The third kappa shape index (κ3) is 25.4. The van der Waals surface area contributed by atoms with Crippen molar-refractivity contribution in [2.24, 2.45) is 0 Å². The number of nitriles is 2. The average Bonchev–Trinajstić information content (AvgIpc) is 1.41. The fourth-order valence-corrected chi connectivity index (χ4v) is 11.8. The number of fused-ring (bicyclic) bond motifs is 8. The minimum atomic E-state index is -0.430. The number of nitrogens with zero attached hydrogens (tertiary/aromatic N) is 2. The number of benzene rings is 4. The van der Waals surface area contributed by atoms with Crippen molar-refractivity contribution in [3.63, 3.8) is 0 Å². The highest BCUT2D eigenvalue weighted by Gasteiger charge is 2.25.